The molecule has 148 valence electrons. The highest BCUT2D eigenvalue weighted by Gasteiger charge is 2.24. The predicted molar refractivity (Wildman–Crippen MR) is 97.8 cm³/mol. The minimum atomic E-state index is -1.28. The van der Waals surface area contributed by atoms with Gasteiger partial charge in [-0.15, -0.1) is 0 Å². The fourth-order valence-corrected chi connectivity index (χ4v) is 2.22. The van der Waals surface area contributed by atoms with Crippen LogP contribution in [-0.2, 0) is 9.53 Å². The van der Waals surface area contributed by atoms with E-state index in [1.807, 2.05) is 0 Å². The van der Waals surface area contributed by atoms with Crippen LogP contribution in [0.25, 0.3) is 0 Å². The lowest BCUT2D eigenvalue weighted by Gasteiger charge is -2.14. The zero-order valence-electron chi connectivity index (χ0n) is 15.3. The molecule has 0 bridgehead atoms. The number of hydrogen-bond donors (Lipinski definition) is 2. The quantitative estimate of drug-likeness (QED) is 0.418. The lowest BCUT2D eigenvalue weighted by atomic mass is 10.2. The van der Waals surface area contributed by atoms with E-state index in [0.29, 0.717) is 5.75 Å². The van der Waals surface area contributed by atoms with Crippen molar-refractivity contribution in [1.82, 2.24) is 0 Å². The molecule has 10 heteroatoms. The number of methoxy groups -OCH3 is 2. The normalized spacial score (nSPS) is 11.2. The highest BCUT2D eigenvalue weighted by molar-refractivity contribution is 5.99. The molecule has 0 aliphatic heterocycles. The number of benzene rings is 2. The van der Waals surface area contributed by atoms with E-state index in [2.05, 4.69) is 5.32 Å². The maximum atomic E-state index is 12.3. The summed E-state index contributed by atoms with van der Waals surface area (Å²) in [5.41, 5.74) is -0.610. The lowest BCUT2D eigenvalue weighted by Crippen LogP contribution is -2.30. The third-order valence-electron chi connectivity index (χ3n) is 3.74. The minimum absolute atomic E-state index is 0.0778. The zero-order valence-corrected chi connectivity index (χ0v) is 15.3. The van der Waals surface area contributed by atoms with Crippen LogP contribution in [0.2, 0.25) is 0 Å². The second-order valence-corrected chi connectivity index (χ2v) is 5.56. The van der Waals surface area contributed by atoms with E-state index in [4.69, 9.17) is 14.2 Å². The standard InChI is InChI=1S/C18H18N2O8/c1-10(28-18(23)13-6-4-12(27-3)9-16(13)21)17(22)19-14-7-5-11(26-2)8-15(14)20(24)25/h4-10,21H,1-3H3,(H,19,22)/t10-/m0/s1. The largest absolute Gasteiger partial charge is 0.507 e. The highest BCUT2D eigenvalue weighted by Crippen LogP contribution is 2.29. The molecular weight excluding hydrogens is 372 g/mol. The number of esters is 1. The third-order valence-corrected chi connectivity index (χ3v) is 3.74. The summed E-state index contributed by atoms with van der Waals surface area (Å²) in [6.07, 6.45) is -1.28. The van der Waals surface area contributed by atoms with Crippen LogP contribution in [0, 0.1) is 10.1 Å². The number of nitro groups is 1. The Hall–Kier alpha value is -3.82. The van der Waals surface area contributed by atoms with Gasteiger partial charge in [-0.3, -0.25) is 14.9 Å². The molecule has 0 saturated heterocycles. The second kappa shape index (κ2) is 8.71. The van der Waals surface area contributed by atoms with Crippen molar-refractivity contribution in [1.29, 1.82) is 0 Å². The first kappa shape index (κ1) is 20.5. The van der Waals surface area contributed by atoms with E-state index in [-0.39, 0.29) is 28.4 Å². The number of ether oxygens (including phenoxy) is 3. The van der Waals surface area contributed by atoms with Gasteiger partial charge in [0.15, 0.2) is 6.10 Å². The highest BCUT2D eigenvalue weighted by atomic mass is 16.6. The molecule has 2 N–H and O–H groups in total. The summed E-state index contributed by atoms with van der Waals surface area (Å²) in [6, 6.07) is 7.86. The van der Waals surface area contributed by atoms with Crippen molar-refractivity contribution < 1.29 is 33.8 Å². The molecule has 2 aromatic rings. The van der Waals surface area contributed by atoms with Gasteiger partial charge in [-0.2, -0.15) is 0 Å². The van der Waals surface area contributed by atoms with Crippen LogP contribution in [0.1, 0.15) is 17.3 Å². The average molecular weight is 390 g/mol. The Morgan fingerprint density at radius 2 is 1.71 bits per heavy atom. The number of nitrogens with zero attached hydrogens (tertiary/aromatic N) is 1. The first-order valence-corrected chi connectivity index (χ1v) is 7.98. The molecule has 1 atom stereocenters. The predicted octanol–water partition coefficient (Wildman–Crippen LogP) is 2.50. The van der Waals surface area contributed by atoms with E-state index in [0.717, 1.165) is 6.07 Å². The first-order valence-electron chi connectivity index (χ1n) is 7.98. The monoisotopic (exact) mass is 390 g/mol. The second-order valence-electron chi connectivity index (χ2n) is 5.56. The van der Waals surface area contributed by atoms with Gasteiger partial charge in [0.2, 0.25) is 0 Å². The number of amides is 1. The maximum absolute atomic E-state index is 12.3. The van der Waals surface area contributed by atoms with Gasteiger partial charge in [-0.1, -0.05) is 0 Å². The van der Waals surface area contributed by atoms with E-state index < -0.39 is 22.9 Å². The number of phenolic OH excluding ortho intramolecular Hbond substituents is 1. The van der Waals surface area contributed by atoms with E-state index in [1.54, 1.807) is 0 Å². The molecule has 0 spiro atoms. The Balaban J connectivity index is 2.11. The van der Waals surface area contributed by atoms with Gasteiger partial charge in [0, 0.05) is 6.07 Å². The van der Waals surface area contributed by atoms with Gasteiger partial charge in [0.1, 0.15) is 28.5 Å². The average Bonchev–Trinajstić information content (AvgIpc) is 2.67. The van der Waals surface area contributed by atoms with Crippen molar-refractivity contribution in [2.24, 2.45) is 0 Å². The number of carbonyl (C=O) groups excluding carboxylic acids is 2. The summed E-state index contributed by atoms with van der Waals surface area (Å²) in [5, 5.41) is 23.4. The Kier molecular flexibility index (Phi) is 6.38. The summed E-state index contributed by atoms with van der Waals surface area (Å²) in [5.74, 6) is -1.50. The molecule has 0 radical (unpaired) electrons. The van der Waals surface area contributed by atoms with Gasteiger partial charge >= 0.3 is 5.97 Å². The summed E-state index contributed by atoms with van der Waals surface area (Å²) in [6.45, 7) is 1.29. The van der Waals surface area contributed by atoms with Crippen LogP contribution in [0.15, 0.2) is 36.4 Å². The number of hydrogen-bond acceptors (Lipinski definition) is 8. The van der Waals surface area contributed by atoms with Gasteiger partial charge in [0.05, 0.1) is 25.2 Å². The molecular formula is C18H18N2O8. The fourth-order valence-electron chi connectivity index (χ4n) is 2.22. The maximum Gasteiger partial charge on any atom is 0.342 e. The number of aromatic hydroxyl groups is 1. The molecule has 10 nitrogen and oxygen atoms in total. The Morgan fingerprint density at radius 1 is 1.11 bits per heavy atom. The molecule has 0 heterocycles. The molecule has 0 aliphatic carbocycles. The molecule has 0 unspecified atom stereocenters. The minimum Gasteiger partial charge on any atom is -0.507 e. The number of phenols is 1. The van der Waals surface area contributed by atoms with Crippen LogP contribution < -0.4 is 14.8 Å². The SMILES string of the molecule is COc1ccc(C(=O)O[C@@H](C)C(=O)Nc2ccc(OC)cc2[N+](=O)[O-])c(O)c1. The zero-order chi connectivity index (χ0) is 20.8. The van der Waals surface area contributed by atoms with Gasteiger partial charge in [0.25, 0.3) is 11.6 Å². The van der Waals surface area contributed by atoms with Crippen molar-refractivity contribution >= 4 is 23.3 Å². The van der Waals surface area contributed by atoms with Crippen molar-refractivity contribution in [3.63, 3.8) is 0 Å². The van der Waals surface area contributed by atoms with Crippen molar-refractivity contribution in [3.8, 4) is 17.2 Å². The molecule has 0 aromatic heterocycles. The molecule has 0 saturated carbocycles. The van der Waals surface area contributed by atoms with Gasteiger partial charge in [-0.05, 0) is 31.2 Å². The van der Waals surface area contributed by atoms with Crippen LogP contribution >= 0.6 is 0 Å². The molecule has 2 aromatic carbocycles. The molecule has 2 rings (SSSR count). The van der Waals surface area contributed by atoms with Gasteiger partial charge in [-0.25, -0.2) is 4.79 Å². The topological polar surface area (TPSA) is 137 Å². The molecule has 28 heavy (non-hydrogen) atoms. The number of carbonyl (C=O) groups is 2. The lowest BCUT2D eigenvalue weighted by molar-refractivity contribution is -0.384. The molecule has 1 amide bonds. The summed E-state index contributed by atoms with van der Waals surface area (Å²) >= 11 is 0. The van der Waals surface area contributed by atoms with Crippen LogP contribution in [0.3, 0.4) is 0 Å². The van der Waals surface area contributed by atoms with Crippen molar-refractivity contribution in [3.05, 3.63) is 52.1 Å². The summed E-state index contributed by atoms with van der Waals surface area (Å²) in [4.78, 5) is 34.9. The fraction of sp³-hybridized carbons (Fsp3) is 0.222. The van der Waals surface area contributed by atoms with Crippen LogP contribution in [0.4, 0.5) is 11.4 Å². The van der Waals surface area contributed by atoms with Crippen LogP contribution in [0.5, 0.6) is 17.2 Å². The first-order chi connectivity index (χ1) is 13.3. The molecule has 0 aliphatic rings. The number of nitro benzene ring substituents is 1. The molecule has 0 fully saturated rings. The van der Waals surface area contributed by atoms with Crippen molar-refractivity contribution in [2.45, 2.75) is 13.0 Å². The third kappa shape index (κ3) is 4.67. The summed E-state index contributed by atoms with van der Waals surface area (Å²) in [7, 11) is 2.75. The Labute approximate surface area is 159 Å². The Morgan fingerprint density at radius 3 is 2.29 bits per heavy atom. The van der Waals surface area contributed by atoms with Crippen molar-refractivity contribution in [2.75, 3.05) is 19.5 Å². The smallest absolute Gasteiger partial charge is 0.342 e. The number of rotatable bonds is 7. The van der Waals surface area contributed by atoms with Gasteiger partial charge < -0.3 is 24.6 Å². The number of nitrogens with one attached hydrogen (secondary N) is 1. The van der Waals surface area contributed by atoms with E-state index >= 15 is 0 Å². The van der Waals surface area contributed by atoms with E-state index in [9.17, 15) is 24.8 Å². The van der Waals surface area contributed by atoms with E-state index in [1.165, 1.54) is 51.5 Å². The summed E-state index contributed by atoms with van der Waals surface area (Å²) < 4.78 is 14.9. The van der Waals surface area contributed by atoms with Crippen LogP contribution in [-0.4, -0.2) is 42.2 Å². The number of anilines is 1. The Bertz CT molecular complexity index is 912.